The number of piperidine rings is 1. The van der Waals surface area contributed by atoms with Gasteiger partial charge in [-0.3, -0.25) is 14.4 Å². The van der Waals surface area contributed by atoms with Crippen LogP contribution in [0.4, 0.5) is 0 Å². The lowest BCUT2D eigenvalue weighted by molar-refractivity contribution is -0.166. The minimum Gasteiger partial charge on any atom is -0.378 e. The van der Waals surface area contributed by atoms with Crippen molar-refractivity contribution in [2.75, 3.05) is 39.4 Å². The predicted molar refractivity (Wildman–Crippen MR) is 160 cm³/mol. The van der Waals surface area contributed by atoms with Crippen LogP contribution in [0, 0.1) is 11.8 Å². The molecule has 3 aliphatic heterocycles. The van der Waals surface area contributed by atoms with Crippen molar-refractivity contribution in [2.24, 2.45) is 11.8 Å². The van der Waals surface area contributed by atoms with Crippen molar-refractivity contribution in [3.05, 3.63) is 58.8 Å². The van der Waals surface area contributed by atoms with Gasteiger partial charge in [0.25, 0.3) is 0 Å². The molecule has 0 bridgehead atoms. The number of carbonyl (C=O) groups is 3. The Morgan fingerprint density at radius 2 is 1.88 bits per heavy atom. The van der Waals surface area contributed by atoms with E-state index in [1.54, 1.807) is 0 Å². The largest absolute Gasteiger partial charge is 0.378 e. The monoisotopic (exact) mass is 560 g/mol. The lowest BCUT2D eigenvalue weighted by Crippen LogP contribution is -2.65. The molecule has 2 saturated heterocycles. The number of aromatic amines is 1. The molecule has 1 aromatic carbocycles. The highest BCUT2D eigenvalue weighted by Gasteiger charge is 2.57. The minimum atomic E-state index is -0.808. The number of ether oxygens (including phenoxy) is 1. The summed E-state index contributed by atoms with van der Waals surface area (Å²) in [5.74, 6) is -1.14. The van der Waals surface area contributed by atoms with Gasteiger partial charge in [-0.2, -0.15) is 0 Å². The maximum atomic E-state index is 14.2. The highest BCUT2D eigenvalue weighted by Crippen LogP contribution is 2.50. The Bertz CT molecular complexity index is 1360. The Morgan fingerprint density at radius 3 is 2.63 bits per heavy atom. The summed E-state index contributed by atoms with van der Waals surface area (Å²) in [6, 6.07) is 8.19. The number of fused-ring (bicyclic) bond motifs is 5. The molecule has 41 heavy (non-hydrogen) atoms. The van der Waals surface area contributed by atoms with Crippen molar-refractivity contribution >= 4 is 28.6 Å². The number of rotatable bonds is 8. The van der Waals surface area contributed by atoms with Gasteiger partial charge in [0.2, 0.25) is 17.7 Å². The summed E-state index contributed by atoms with van der Waals surface area (Å²) in [7, 11) is 0. The molecule has 0 spiro atoms. The fraction of sp³-hybridized carbons (Fsp3) is 0.545. The zero-order chi connectivity index (χ0) is 29.1. The van der Waals surface area contributed by atoms with Gasteiger partial charge in [0.05, 0.1) is 24.7 Å². The highest BCUT2D eigenvalue weighted by atomic mass is 16.5. The van der Waals surface area contributed by atoms with Gasteiger partial charge >= 0.3 is 0 Å². The zero-order valence-electron chi connectivity index (χ0n) is 24.9. The Kier molecular flexibility index (Phi) is 8.68. The summed E-state index contributed by atoms with van der Waals surface area (Å²) in [4.78, 5) is 48.6. The van der Waals surface area contributed by atoms with Crippen LogP contribution in [0.3, 0.4) is 0 Å². The second-order valence-corrected chi connectivity index (χ2v) is 12.2. The van der Waals surface area contributed by atoms with E-state index in [0.29, 0.717) is 45.8 Å². The molecule has 2 N–H and O–H groups in total. The van der Waals surface area contributed by atoms with Crippen LogP contribution in [0.15, 0.2) is 47.6 Å². The van der Waals surface area contributed by atoms with E-state index in [2.05, 4.69) is 49.3 Å². The number of morpholine rings is 1. The number of para-hydroxylation sites is 1. The number of benzene rings is 1. The molecule has 8 heteroatoms. The van der Waals surface area contributed by atoms with E-state index in [1.807, 2.05) is 34.9 Å². The lowest BCUT2D eigenvalue weighted by atomic mass is 9.67. The molecule has 1 unspecified atom stereocenters. The summed E-state index contributed by atoms with van der Waals surface area (Å²) < 4.78 is 5.52. The number of nitrogens with one attached hydrogen (secondary N) is 2. The molecule has 0 radical (unpaired) electrons. The third-order valence-corrected chi connectivity index (χ3v) is 9.17. The average molecular weight is 561 g/mol. The third-order valence-electron chi connectivity index (χ3n) is 9.17. The van der Waals surface area contributed by atoms with E-state index >= 15 is 0 Å². The SMILES string of the molecule is CC(C)=CCC/C(C)=C/CNC(=O)CC1C[C@H](C(=O)N2CCOCC2)[C@@]2(C)c3[nH]c4ccccc4c3CCN2C1=O. The topological polar surface area (TPSA) is 94.7 Å². The summed E-state index contributed by atoms with van der Waals surface area (Å²) >= 11 is 0. The van der Waals surface area contributed by atoms with Crippen LogP contribution in [0.25, 0.3) is 10.9 Å². The van der Waals surface area contributed by atoms with Crippen LogP contribution in [0.2, 0.25) is 0 Å². The molecule has 0 aliphatic carbocycles. The molecule has 4 heterocycles. The average Bonchev–Trinajstić information content (AvgIpc) is 3.34. The highest BCUT2D eigenvalue weighted by molar-refractivity contribution is 5.93. The summed E-state index contributed by atoms with van der Waals surface area (Å²) in [5.41, 5.74) is 4.90. The summed E-state index contributed by atoms with van der Waals surface area (Å²) in [6.07, 6.45) is 7.35. The second kappa shape index (κ2) is 12.2. The van der Waals surface area contributed by atoms with E-state index in [4.69, 9.17) is 4.74 Å². The number of hydrogen-bond donors (Lipinski definition) is 2. The van der Waals surface area contributed by atoms with Crippen LogP contribution in [-0.4, -0.2) is 71.9 Å². The Balaban J connectivity index is 1.36. The normalized spacial score (nSPS) is 24.6. The molecular formula is C33H44N4O4. The van der Waals surface area contributed by atoms with Crippen LogP contribution < -0.4 is 5.32 Å². The molecule has 8 nitrogen and oxygen atoms in total. The number of amides is 3. The Labute approximate surface area is 243 Å². The number of hydrogen-bond acceptors (Lipinski definition) is 4. The van der Waals surface area contributed by atoms with Crippen molar-refractivity contribution in [3.63, 3.8) is 0 Å². The van der Waals surface area contributed by atoms with Gasteiger partial charge in [-0.1, -0.05) is 41.5 Å². The fourth-order valence-electron chi connectivity index (χ4n) is 6.86. The molecule has 3 aliphatic rings. The molecule has 5 rings (SSSR count). The second-order valence-electron chi connectivity index (χ2n) is 12.2. The van der Waals surface area contributed by atoms with E-state index in [-0.39, 0.29) is 24.1 Å². The Hall–Kier alpha value is -3.39. The molecule has 220 valence electrons. The first-order valence-corrected chi connectivity index (χ1v) is 15.0. The van der Waals surface area contributed by atoms with Crippen molar-refractivity contribution in [2.45, 2.75) is 65.3 Å². The van der Waals surface area contributed by atoms with Gasteiger partial charge in [0.1, 0.15) is 0 Å². The van der Waals surface area contributed by atoms with E-state index in [0.717, 1.165) is 35.9 Å². The number of H-pyrrole nitrogens is 1. The lowest BCUT2D eigenvalue weighted by Gasteiger charge is -2.54. The van der Waals surface area contributed by atoms with Crippen LogP contribution >= 0.6 is 0 Å². The molecule has 1 aromatic heterocycles. The van der Waals surface area contributed by atoms with Gasteiger partial charge in [-0.15, -0.1) is 0 Å². The van der Waals surface area contributed by atoms with Gasteiger partial charge in [0.15, 0.2) is 0 Å². The van der Waals surface area contributed by atoms with Gasteiger partial charge in [-0.05, 0) is 65.0 Å². The van der Waals surface area contributed by atoms with E-state index < -0.39 is 17.4 Å². The molecule has 2 fully saturated rings. The number of carbonyl (C=O) groups excluding carboxylic acids is 3. The van der Waals surface area contributed by atoms with Crippen molar-refractivity contribution in [3.8, 4) is 0 Å². The first-order valence-electron chi connectivity index (χ1n) is 15.0. The maximum Gasteiger partial charge on any atom is 0.228 e. The number of aromatic nitrogens is 1. The van der Waals surface area contributed by atoms with Gasteiger partial charge < -0.3 is 24.8 Å². The van der Waals surface area contributed by atoms with Crippen LogP contribution in [0.5, 0.6) is 0 Å². The molecule has 2 aromatic rings. The molecule has 3 amide bonds. The Morgan fingerprint density at radius 1 is 1.12 bits per heavy atom. The third kappa shape index (κ3) is 5.85. The van der Waals surface area contributed by atoms with Gasteiger partial charge in [-0.25, -0.2) is 0 Å². The predicted octanol–water partition coefficient (Wildman–Crippen LogP) is 4.46. The van der Waals surface area contributed by atoms with Crippen molar-refractivity contribution in [1.82, 2.24) is 20.1 Å². The van der Waals surface area contributed by atoms with E-state index in [9.17, 15) is 14.4 Å². The first-order chi connectivity index (χ1) is 19.7. The summed E-state index contributed by atoms with van der Waals surface area (Å²) in [6.45, 7) is 11.4. The van der Waals surface area contributed by atoms with Crippen LogP contribution in [-0.2, 0) is 31.1 Å². The van der Waals surface area contributed by atoms with Crippen LogP contribution in [0.1, 0.15) is 64.6 Å². The minimum absolute atomic E-state index is 0.0357. The fourth-order valence-corrected chi connectivity index (χ4v) is 6.86. The zero-order valence-corrected chi connectivity index (χ0v) is 24.9. The standard InChI is InChI=1S/C33H44N4O4/c1-22(2)8-7-9-23(3)12-14-34-29(38)21-24-20-27(32(40)36-16-18-41-19-17-36)33(4)30-26(13-15-37(33)31(24)39)25-10-5-6-11-28(25)35-30/h5-6,8,10-12,24,27,35H,7,9,13-21H2,1-4H3,(H,34,38)/b23-12+/t24?,27-,33+/m1/s1. The van der Waals surface area contributed by atoms with E-state index in [1.165, 1.54) is 16.7 Å². The summed E-state index contributed by atoms with van der Waals surface area (Å²) in [5, 5.41) is 4.14. The smallest absolute Gasteiger partial charge is 0.228 e. The van der Waals surface area contributed by atoms with Crippen molar-refractivity contribution in [1.29, 1.82) is 0 Å². The first kappa shape index (κ1) is 29.1. The number of allylic oxidation sites excluding steroid dienone is 3. The molecular weight excluding hydrogens is 516 g/mol. The quantitative estimate of drug-likeness (QED) is 0.466. The number of nitrogens with zero attached hydrogens (tertiary/aromatic N) is 2. The molecule has 3 atom stereocenters. The maximum absolute atomic E-state index is 14.2. The van der Waals surface area contributed by atoms with Gasteiger partial charge in [0, 0.05) is 55.1 Å². The van der Waals surface area contributed by atoms with Crippen molar-refractivity contribution < 1.29 is 19.1 Å². The molecule has 0 saturated carbocycles.